The number of hydrogen-bond acceptors (Lipinski definition) is 2. The zero-order chi connectivity index (χ0) is 9.97. The molecule has 1 amide bonds. The molecule has 1 aromatic carbocycles. The van der Waals surface area contributed by atoms with Gasteiger partial charge in [-0.1, -0.05) is 37.3 Å². The van der Waals surface area contributed by atoms with E-state index in [2.05, 4.69) is 10.3 Å². The Labute approximate surface area is 82.9 Å². The molecule has 72 valence electrons. The maximum atomic E-state index is 11.4. The number of carbonyl (C=O) groups excluding carboxylic acids is 1. The molecule has 0 aliphatic carbocycles. The number of hydrogen-bond donors (Lipinski definition) is 1. The summed E-state index contributed by atoms with van der Waals surface area (Å²) in [5.41, 5.74) is 0.969. The molecule has 0 radical (unpaired) electrons. The van der Waals surface area contributed by atoms with Crippen molar-refractivity contribution in [3.05, 3.63) is 35.9 Å². The summed E-state index contributed by atoms with van der Waals surface area (Å²) in [5, 5.41) is 2.78. The van der Waals surface area contributed by atoms with Crippen molar-refractivity contribution in [2.75, 3.05) is 0 Å². The summed E-state index contributed by atoms with van der Waals surface area (Å²) in [6.45, 7) is 1.96. The Morgan fingerprint density at radius 2 is 2.07 bits per heavy atom. The molecule has 0 bridgehead atoms. The van der Waals surface area contributed by atoms with E-state index >= 15 is 0 Å². The lowest BCUT2D eigenvalue weighted by atomic mass is 10.2. The second-order valence-corrected chi connectivity index (χ2v) is 3.26. The number of aliphatic imine (C=N–C) groups is 1. The molecule has 1 aliphatic heterocycles. The lowest BCUT2D eigenvalue weighted by Gasteiger charge is -1.98. The molecule has 0 saturated heterocycles. The largest absolute Gasteiger partial charge is 0.309 e. The van der Waals surface area contributed by atoms with E-state index in [1.54, 1.807) is 0 Å². The zero-order valence-electron chi connectivity index (χ0n) is 8.03. The zero-order valence-corrected chi connectivity index (χ0v) is 8.03. The van der Waals surface area contributed by atoms with Crippen LogP contribution in [0.4, 0.5) is 0 Å². The Kier molecular flexibility index (Phi) is 2.31. The molecule has 1 N–H and O–H groups in total. The molecule has 0 fully saturated rings. The van der Waals surface area contributed by atoms with Crippen molar-refractivity contribution in [2.45, 2.75) is 19.4 Å². The Hall–Kier alpha value is -1.64. The van der Waals surface area contributed by atoms with Gasteiger partial charge in [-0.25, -0.2) is 0 Å². The van der Waals surface area contributed by atoms with Crippen LogP contribution in [0.2, 0.25) is 0 Å². The van der Waals surface area contributed by atoms with E-state index in [0.717, 1.165) is 12.0 Å². The first-order valence-corrected chi connectivity index (χ1v) is 4.75. The first kappa shape index (κ1) is 8.94. The number of amides is 1. The fourth-order valence-corrected chi connectivity index (χ4v) is 1.47. The van der Waals surface area contributed by atoms with Crippen molar-refractivity contribution in [1.29, 1.82) is 0 Å². The molecule has 0 spiro atoms. The minimum Gasteiger partial charge on any atom is -0.309 e. The quantitative estimate of drug-likeness (QED) is 0.747. The monoisotopic (exact) mass is 188 g/mol. The number of nitrogens with zero attached hydrogens (tertiary/aromatic N) is 1. The minimum atomic E-state index is -0.204. The van der Waals surface area contributed by atoms with E-state index in [-0.39, 0.29) is 11.9 Å². The van der Waals surface area contributed by atoms with E-state index < -0.39 is 0 Å². The highest BCUT2D eigenvalue weighted by Crippen LogP contribution is 2.09. The summed E-state index contributed by atoms with van der Waals surface area (Å²) in [5.74, 6) is 0.703. The number of amidine groups is 1. The molecule has 1 unspecified atom stereocenters. The normalized spacial score (nSPS) is 20.5. The van der Waals surface area contributed by atoms with E-state index in [1.165, 1.54) is 0 Å². The van der Waals surface area contributed by atoms with Crippen molar-refractivity contribution in [3.63, 3.8) is 0 Å². The molecule has 1 atom stereocenters. The predicted molar refractivity (Wildman–Crippen MR) is 55.2 cm³/mol. The molecule has 0 aromatic heterocycles. The molecule has 1 aromatic rings. The summed E-state index contributed by atoms with van der Waals surface area (Å²) in [4.78, 5) is 15.7. The Balaban J connectivity index is 2.26. The van der Waals surface area contributed by atoms with Crippen LogP contribution in [0.15, 0.2) is 35.3 Å². The molecule has 0 saturated carbocycles. The van der Waals surface area contributed by atoms with Gasteiger partial charge in [-0.3, -0.25) is 9.79 Å². The van der Waals surface area contributed by atoms with Gasteiger partial charge < -0.3 is 5.32 Å². The molecule has 3 heteroatoms. The summed E-state index contributed by atoms with van der Waals surface area (Å²) in [7, 11) is 0. The topological polar surface area (TPSA) is 41.5 Å². The van der Waals surface area contributed by atoms with Crippen molar-refractivity contribution in [1.82, 2.24) is 5.32 Å². The Morgan fingerprint density at radius 3 is 2.64 bits per heavy atom. The van der Waals surface area contributed by atoms with Gasteiger partial charge in [0.2, 0.25) is 5.91 Å². The second kappa shape index (κ2) is 3.62. The maximum absolute atomic E-state index is 11.4. The van der Waals surface area contributed by atoms with Gasteiger partial charge in [0.05, 0.1) is 0 Å². The average molecular weight is 188 g/mol. The second-order valence-electron chi connectivity index (χ2n) is 3.26. The van der Waals surface area contributed by atoms with Crippen molar-refractivity contribution >= 4 is 11.7 Å². The highest BCUT2D eigenvalue weighted by atomic mass is 16.2. The third-order valence-electron chi connectivity index (χ3n) is 2.26. The number of rotatable bonds is 2. The summed E-state index contributed by atoms with van der Waals surface area (Å²) in [6, 6.07) is 9.49. The van der Waals surface area contributed by atoms with E-state index in [1.807, 2.05) is 37.3 Å². The summed E-state index contributed by atoms with van der Waals surface area (Å²) < 4.78 is 0. The van der Waals surface area contributed by atoms with E-state index in [9.17, 15) is 4.79 Å². The van der Waals surface area contributed by atoms with Crippen LogP contribution in [-0.2, 0) is 4.79 Å². The molecule has 2 rings (SSSR count). The van der Waals surface area contributed by atoms with Gasteiger partial charge in [0.15, 0.2) is 0 Å². The maximum Gasteiger partial charge on any atom is 0.250 e. The number of nitrogens with one attached hydrogen (secondary N) is 1. The van der Waals surface area contributed by atoms with Crippen LogP contribution >= 0.6 is 0 Å². The SMILES string of the molecule is CCC1N=C(c2ccccc2)NC1=O. The van der Waals surface area contributed by atoms with E-state index in [0.29, 0.717) is 5.84 Å². The van der Waals surface area contributed by atoms with Crippen LogP contribution in [0.5, 0.6) is 0 Å². The lowest BCUT2D eigenvalue weighted by Crippen LogP contribution is -2.28. The van der Waals surface area contributed by atoms with Crippen LogP contribution in [0.3, 0.4) is 0 Å². The third kappa shape index (κ3) is 1.53. The molecular weight excluding hydrogens is 176 g/mol. The Bertz CT molecular complexity index is 370. The van der Waals surface area contributed by atoms with Crippen molar-refractivity contribution in [2.24, 2.45) is 4.99 Å². The predicted octanol–water partition coefficient (Wildman–Crippen LogP) is 1.34. The standard InChI is InChI=1S/C11H12N2O/c1-2-9-11(14)13-10(12-9)8-6-4-3-5-7-8/h3-7,9H,2H2,1H3,(H,12,13,14). The first-order valence-electron chi connectivity index (χ1n) is 4.75. The van der Waals surface area contributed by atoms with Crippen LogP contribution in [0.1, 0.15) is 18.9 Å². The average Bonchev–Trinajstić information content (AvgIpc) is 2.61. The summed E-state index contributed by atoms with van der Waals surface area (Å²) in [6.07, 6.45) is 0.752. The Morgan fingerprint density at radius 1 is 1.36 bits per heavy atom. The molecule has 3 nitrogen and oxygen atoms in total. The van der Waals surface area contributed by atoms with Crippen LogP contribution < -0.4 is 5.32 Å². The van der Waals surface area contributed by atoms with Gasteiger partial charge in [0.1, 0.15) is 11.9 Å². The lowest BCUT2D eigenvalue weighted by molar-refractivity contribution is -0.120. The molecule has 1 heterocycles. The number of carbonyl (C=O) groups is 1. The third-order valence-corrected chi connectivity index (χ3v) is 2.26. The van der Waals surface area contributed by atoms with E-state index in [4.69, 9.17) is 0 Å². The number of benzene rings is 1. The first-order chi connectivity index (χ1) is 6.81. The fraction of sp³-hybridized carbons (Fsp3) is 0.273. The van der Waals surface area contributed by atoms with Crippen LogP contribution in [-0.4, -0.2) is 17.8 Å². The van der Waals surface area contributed by atoms with Gasteiger partial charge in [-0.2, -0.15) is 0 Å². The molecule has 14 heavy (non-hydrogen) atoms. The molecule has 1 aliphatic rings. The van der Waals surface area contributed by atoms with Gasteiger partial charge >= 0.3 is 0 Å². The van der Waals surface area contributed by atoms with Crippen LogP contribution in [0, 0.1) is 0 Å². The highest BCUT2D eigenvalue weighted by molar-refractivity contribution is 6.13. The minimum absolute atomic E-state index is 0.00588. The van der Waals surface area contributed by atoms with Crippen molar-refractivity contribution < 1.29 is 4.79 Å². The highest BCUT2D eigenvalue weighted by Gasteiger charge is 2.24. The fourth-order valence-electron chi connectivity index (χ4n) is 1.47. The van der Waals surface area contributed by atoms with Crippen molar-refractivity contribution in [3.8, 4) is 0 Å². The summed E-state index contributed by atoms with van der Waals surface area (Å²) >= 11 is 0. The smallest absolute Gasteiger partial charge is 0.250 e. The van der Waals surface area contributed by atoms with Gasteiger partial charge in [0, 0.05) is 5.56 Å². The van der Waals surface area contributed by atoms with Gasteiger partial charge in [-0.05, 0) is 6.42 Å². The van der Waals surface area contributed by atoms with Gasteiger partial charge in [-0.15, -0.1) is 0 Å². The van der Waals surface area contributed by atoms with Crippen LogP contribution in [0.25, 0.3) is 0 Å². The van der Waals surface area contributed by atoms with Gasteiger partial charge in [0.25, 0.3) is 0 Å². The molecular formula is C11H12N2O.